The van der Waals surface area contributed by atoms with Gasteiger partial charge in [0.15, 0.2) is 35.5 Å². The van der Waals surface area contributed by atoms with Crippen molar-refractivity contribution >= 4 is 108 Å². The molecule has 5 aromatic rings. The van der Waals surface area contributed by atoms with E-state index in [0.29, 0.717) is 83.8 Å². The Kier molecular flexibility index (Phi) is 28.0. The third-order valence-electron chi connectivity index (χ3n) is 26.8. The second-order valence-corrected chi connectivity index (χ2v) is 57.7. The van der Waals surface area contributed by atoms with Crippen LogP contribution in [0.1, 0.15) is 286 Å². The Morgan fingerprint density at radius 1 is 0.360 bits per heavy atom. The molecule has 5 aromatic carbocycles. The van der Waals surface area contributed by atoms with Gasteiger partial charge < -0.3 is 18.9 Å². The van der Waals surface area contributed by atoms with Gasteiger partial charge in [-0.15, -0.1) is 35.3 Å². The lowest BCUT2D eigenvalue weighted by Gasteiger charge is -2.43. The number of esters is 1. The molecule has 13 fully saturated rings. The molecule has 0 saturated carbocycles. The van der Waals surface area contributed by atoms with E-state index in [0.717, 1.165) is 77.0 Å². The van der Waals surface area contributed by atoms with Gasteiger partial charge in [0, 0.05) is 117 Å². The smallest absolute Gasteiger partial charge is 0.311 e. The molecule has 114 heavy (non-hydrogen) atoms. The minimum atomic E-state index is -0.232. The summed E-state index contributed by atoms with van der Waals surface area (Å²) in [6, 6.07) is 47.1. The average molecular weight is 1700 g/mol. The van der Waals surface area contributed by atoms with Crippen molar-refractivity contribution in [3.63, 3.8) is 0 Å². The number of thioether (sulfide) groups is 3. The summed E-state index contributed by atoms with van der Waals surface area (Å²) in [7, 11) is 1.59. The van der Waals surface area contributed by atoms with Crippen LogP contribution >= 0.6 is 35.3 Å². The Morgan fingerprint density at radius 3 is 1.01 bits per heavy atom. The van der Waals surface area contributed by atoms with Gasteiger partial charge in [-0.25, -0.2) is 0 Å². The van der Waals surface area contributed by atoms with Crippen molar-refractivity contribution in [3.05, 3.63) is 149 Å². The number of hydrogen-bond acceptors (Lipinski definition) is 10. The van der Waals surface area contributed by atoms with Gasteiger partial charge in [0.25, 0.3) is 0 Å². The van der Waals surface area contributed by atoms with E-state index in [2.05, 4.69) is 260 Å². The summed E-state index contributed by atoms with van der Waals surface area (Å²) in [5.74, 6) is 3.68. The maximum atomic E-state index is 12.5. The summed E-state index contributed by atoms with van der Waals surface area (Å²) < 4.78 is 24.3. The highest BCUT2D eigenvalue weighted by molar-refractivity contribution is 8.21. The van der Waals surface area contributed by atoms with Crippen molar-refractivity contribution in [2.24, 2.45) is 0 Å². The van der Waals surface area contributed by atoms with Crippen molar-refractivity contribution in [2.75, 3.05) is 50.2 Å². The highest BCUT2D eigenvalue weighted by atomic mass is 32.2. The molecule has 8 nitrogen and oxygen atoms in total. The summed E-state index contributed by atoms with van der Waals surface area (Å²) in [4.78, 5) is 45.4. The topological polar surface area (TPSA) is 91.4 Å². The van der Waals surface area contributed by atoms with Crippen molar-refractivity contribution in [2.45, 2.75) is 377 Å². The van der Waals surface area contributed by atoms with E-state index in [4.69, 9.17) is 18.9 Å². The van der Waals surface area contributed by atoms with Gasteiger partial charge in [-0.05, 0) is 212 Å². The normalized spacial score (nSPS) is 32.2. The highest BCUT2D eigenvalue weighted by Crippen LogP contribution is 2.59. The molecule has 0 aromatic heterocycles. The maximum Gasteiger partial charge on any atom is 0.311 e. The number of benzene rings is 5. The first kappa shape index (κ1) is 87.7. The van der Waals surface area contributed by atoms with Crippen molar-refractivity contribution in [3.8, 4) is 0 Å². The Bertz CT molecular complexity index is 3730. The van der Waals surface area contributed by atoms with Crippen LogP contribution in [0.25, 0.3) is 0 Å². The molecule has 622 valence electrons. The van der Waals surface area contributed by atoms with Crippen LogP contribution in [0.5, 0.6) is 0 Å². The molecule has 10 bridgehead atoms. The number of imide groups is 1. The lowest BCUT2D eigenvalue weighted by atomic mass is 9.87. The number of hydrogen-bond donors (Lipinski definition) is 0. The van der Waals surface area contributed by atoms with Crippen LogP contribution in [-0.4, -0.2) is 140 Å². The third-order valence-corrected chi connectivity index (χ3v) is 46.9. The number of cyclic esters (lactones) is 1. The van der Waals surface area contributed by atoms with E-state index in [9.17, 15) is 14.4 Å². The minimum absolute atomic E-state index is 0.00760. The molecular weight excluding hydrogens is 1560 g/mol. The molecule has 12 unspecified atom stereocenters. The summed E-state index contributed by atoms with van der Waals surface area (Å²) in [5.41, 5.74) is 8.20. The van der Waals surface area contributed by atoms with Crippen molar-refractivity contribution in [1.29, 1.82) is 0 Å². The molecule has 13 aliphatic heterocycles. The van der Waals surface area contributed by atoms with Crippen LogP contribution in [0.4, 0.5) is 0 Å². The lowest BCUT2D eigenvalue weighted by molar-refractivity contribution is -0.171. The number of carbonyl (C=O) groups is 3. The van der Waals surface area contributed by atoms with E-state index in [1.54, 1.807) is 14.7 Å². The summed E-state index contributed by atoms with van der Waals surface area (Å²) in [5, 5.41) is 7.00. The fourth-order valence-electron chi connectivity index (χ4n) is 20.7. The standard InChI is InChI=1S/C20H28NO2S.C20H29O2S.C20H29OS2.C20H29S3.C18H25O2S/c1-14(22)21-13-18-7-5-6-17(12-19(21)23)24(18)16-10-8-15(9-11-16)20(2,3)4;3*1-19(2,3)15-7-9-16(10-8-15)23-17-5-4-6-18(23)14-20(13-17)21-11-12-22-20;1-18(2,3)13-7-9-14(10-8-13)21-15-5-4-6-16(21)12-20-17(19)11-15/h8-11,17-18H,5-7,12-13H2,1-4H3;3*7-10,17-18H,4-6,11-14H2,1-3H3;7-10,15-16H,4-6,11-12H2,1-3H3/q5*+1. The Morgan fingerprint density at radius 2 is 0.667 bits per heavy atom. The van der Waals surface area contributed by atoms with Gasteiger partial charge in [-0.1, -0.05) is 165 Å². The fraction of sp³-hybridized carbons (Fsp3) is 0.663. The van der Waals surface area contributed by atoms with Gasteiger partial charge in [-0.3, -0.25) is 19.3 Å². The van der Waals surface area contributed by atoms with E-state index < -0.39 is 0 Å². The molecule has 13 aliphatic rings. The number of fused-ring (bicyclic) bond motifs is 10. The summed E-state index contributed by atoms with van der Waals surface area (Å²) in [6.45, 7) is 39.5. The van der Waals surface area contributed by atoms with Crippen LogP contribution in [0.3, 0.4) is 0 Å². The zero-order valence-corrected chi connectivity index (χ0v) is 78.8. The lowest BCUT2D eigenvalue weighted by Crippen LogP contribution is -2.52. The largest absolute Gasteiger partial charge is 0.460 e. The first-order valence-electron chi connectivity index (χ1n) is 44.1. The number of rotatable bonds is 5. The van der Waals surface area contributed by atoms with Crippen LogP contribution in [0, 0.1) is 0 Å². The molecular formula is C98H140NO7S8+5. The predicted molar refractivity (Wildman–Crippen MR) is 495 cm³/mol. The Balaban J connectivity index is 0.000000118. The predicted octanol–water partition coefficient (Wildman–Crippen LogP) is 22.9. The van der Waals surface area contributed by atoms with Crippen molar-refractivity contribution in [1.82, 2.24) is 4.90 Å². The summed E-state index contributed by atoms with van der Waals surface area (Å²) in [6.07, 6.45) is 28.7. The molecule has 2 amide bonds. The minimum Gasteiger partial charge on any atom is -0.460 e. The molecule has 0 aliphatic carbocycles. The molecule has 18 rings (SSSR count). The van der Waals surface area contributed by atoms with Crippen LogP contribution in [0.2, 0.25) is 0 Å². The van der Waals surface area contributed by atoms with Gasteiger partial charge in [0.1, 0.15) is 58.8 Å². The third kappa shape index (κ3) is 20.7. The number of carbonyl (C=O) groups excluding carboxylic acids is 3. The van der Waals surface area contributed by atoms with Crippen molar-refractivity contribution < 1.29 is 33.3 Å². The molecule has 3 spiro atoms. The zero-order chi connectivity index (χ0) is 80.8. The SMILES string of the molecule is CC(=O)N1CC2CCCC(CC1=O)[S+]2c1ccc(C(C)(C)C)cc1.CC(C)(C)c1ccc([S+]2C3CCCC2CC(=O)OC3)cc1.CC(C)(C)c1ccc([S+]2C3CCCC2CC2(C3)OCCO2)cc1.CC(C)(C)c1ccc([S+]2C3CCCC2CC2(C3)OCCS2)cc1.CC(C)(C)c1ccc([S+]2C3CCCC2CC2(C3)SCCS2)cc1. The molecule has 0 radical (unpaired) electrons. The zero-order valence-electron chi connectivity index (χ0n) is 72.3. The van der Waals surface area contributed by atoms with Gasteiger partial charge in [0.2, 0.25) is 11.8 Å². The molecule has 13 heterocycles. The van der Waals surface area contributed by atoms with Gasteiger partial charge >= 0.3 is 5.97 Å². The maximum absolute atomic E-state index is 12.5. The van der Waals surface area contributed by atoms with E-state index in [1.165, 1.54) is 176 Å². The molecule has 0 N–H and O–H groups in total. The number of nitrogens with zero attached hydrogens (tertiary/aromatic N) is 1. The first-order chi connectivity index (χ1) is 54.1. The van der Waals surface area contributed by atoms with E-state index in [1.807, 2.05) is 0 Å². The monoisotopic (exact) mass is 1700 g/mol. The number of amides is 2. The quantitative estimate of drug-likeness (QED) is 0.125. The van der Waals surface area contributed by atoms with Crippen LogP contribution in [0.15, 0.2) is 146 Å². The second kappa shape index (κ2) is 36.4. The molecule has 16 heteroatoms. The van der Waals surface area contributed by atoms with Gasteiger partial charge in [-0.2, -0.15) is 0 Å². The van der Waals surface area contributed by atoms with Gasteiger partial charge in [0.05, 0.1) is 43.3 Å². The fourth-order valence-corrected chi connectivity index (χ4v) is 43.1. The number of ether oxygens (including phenoxy) is 4. The van der Waals surface area contributed by atoms with Crippen LogP contribution in [-0.2, 0) is 115 Å². The molecule has 12 atom stereocenters. The highest BCUT2D eigenvalue weighted by Gasteiger charge is 2.61. The second-order valence-electron chi connectivity index (χ2n) is 40.3. The van der Waals surface area contributed by atoms with E-state index in [-0.39, 0.29) is 77.4 Å². The van der Waals surface area contributed by atoms with E-state index >= 15 is 0 Å². The molecule has 13 saturated heterocycles. The van der Waals surface area contributed by atoms with Crippen LogP contribution < -0.4 is 0 Å². The Hall–Kier alpha value is -2.61. The Labute approximate surface area is 716 Å². The average Bonchev–Trinajstić information content (AvgIpc) is 1.71. The summed E-state index contributed by atoms with van der Waals surface area (Å²) >= 11 is 6.69. The first-order valence-corrected chi connectivity index (χ1v) is 53.8.